The Morgan fingerprint density at radius 1 is 1.67 bits per heavy atom. The lowest BCUT2D eigenvalue weighted by Crippen LogP contribution is -1.97. The number of rotatable bonds is 2. The van der Waals surface area contributed by atoms with Crippen molar-refractivity contribution in [2.75, 3.05) is 6.26 Å². The van der Waals surface area contributed by atoms with Crippen molar-refractivity contribution in [1.29, 1.82) is 0 Å². The standard InChI is InChI=1S/C6H7N3O2S/c1-4-3-7-8-6(12-2)5(4)9(10)11/h3H,1-2H3. The van der Waals surface area contributed by atoms with E-state index < -0.39 is 4.92 Å². The van der Waals surface area contributed by atoms with Gasteiger partial charge in [-0.25, -0.2) is 0 Å². The van der Waals surface area contributed by atoms with Crippen molar-refractivity contribution in [3.05, 3.63) is 21.9 Å². The smallest absolute Gasteiger partial charge is 0.258 e. The lowest BCUT2D eigenvalue weighted by Gasteiger charge is -1.98. The maximum atomic E-state index is 10.5. The zero-order valence-corrected chi connectivity index (χ0v) is 7.46. The predicted octanol–water partition coefficient (Wildman–Crippen LogP) is 1.42. The monoisotopic (exact) mass is 185 g/mol. The molecule has 0 N–H and O–H groups in total. The summed E-state index contributed by atoms with van der Waals surface area (Å²) in [5, 5.41) is 18.2. The first-order valence-corrected chi connectivity index (χ1v) is 4.40. The van der Waals surface area contributed by atoms with Gasteiger partial charge in [0.2, 0.25) is 0 Å². The number of aryl methyl sites for hydroxylation is 1. The summed E-state index contributed by atoms with van der Waals surface area (Å²) in [6.45, 7) is 1.65. The van der Waals surface area contributed by atoms with E-state index in [-0.39, 0.29) is 5.69 Å². The van der Waals surface area contributed by atoms with E-state index in [2.05, 4.69) is 10.2 Å². The highest BCUT2D eigenvalue weighted by molar-refractivity contribution is 7.98. The van der Waals surface area contributed by atoms with Gasteiger partial charge in [-0.15, -0.1) is 16.9 Å². The van der Waals surface area contributed by atoms with Gasteiger partial charge < -0.3 is 0 Å². The van der Waals surface area contributed by atoms with Crippen LogP contribution >= 0.6 is 11.8 Å². The zero-order valence-electron chi connectivity index (χ0n) is 6.64. The van der Waals surface area contributed by atoms with Gasteiger partial charge in [-0.3, -0.25) is 10.1 Å². The topological polar surface area (TPSA) is 68.9 Å². The van der Waals surface area contributed by atoms with Crippen LogP contribution in [-0.4, -0.2) is 21.4 Å². The highest BCUT2D eigenvalue weighted by Gasteiger charge is 2.17. The van der Waals surface area contributed by atoms with E-state index in [0.717, 1.165) is 0 Å². The molecule has 0 aliphatic rings. The van der Waals surface area contributed by atoms with Crippen LogP contribution in [-0.2, 0) is 0 Å². The molecule has 0 saturated carbocycles. The fraction of sp³-hybridized carbons (Fsp3) is 0.333. The molecule has 0 fully saturated rings. The van der Waals surface area contributed by atoms with Crippen molar-refractivity contribution in [3.8, 4) is 0 Å². The minimum atomic E-state index is -0.435. The fourth-order valence-corrected chi connectivity index (χ4v) is 1.36. The number of nitro groups is 1. The van der Waals surface area contributed by atoms with E-state index in [0.29, 0.717) is 10.6 Å². The van der Waals surface area contributed by atoms with Crippen molar-refractivity contribution in [1.82, 2.24) is 10.2 Å². The Balaban J connectivity index is 3.29. The maximum Gasteiger partial charge on any atom is 0.307 e. The first-order valence-electron chi connectivity index (χ1n) is 3.17. The highest BCUT2D eigenvalue weighted by atomic mass is 32.2. The van der Waals surface area contributed by atoms with Crippen LogP contribution in [0.15, 0.2) is 11.2 Å². The molecular formula is C6H7N3O2S. The molecule has 64 valence electrons. The second-order valence-corrected chi connectivity index (χ2v) is 2.94. The summed E-state index contributed by atoms with van der Waals surface area (Å²) in [7, 11) is 0. The second-order valence-electron chi connectivity index (χ2n) is 2.14. The maximum absolute atomic E-state index is 10.5. The third-order valence-corrected chi connectivity index (χ3v) is 2.01. The van der Waals surface area contributed by atoms with Crippen LogP contribution in [0.3, 0.4) is 0 Å². The van der Waals surface area contributed by atoms with Crippen LogP contribution in [0.4, 0.5) is 5.69 Å². The van der Waals surface area contributed by atoms with E-state index >= 15 is 0 Å². The molecule has 12 heavy (non-hydrogen) atoms. The molecule has 0 spiro atoms. The zero-order chi connectivity index (χ0) is 9.14. The molecule has 5 nitrogen and oxygen atoms in total. The van der Waals surface area contributed by atoms with Crippen LogP contribution in [0.2, 0.25) is 0 Å². The van der Waals surface area contributed by atoms with Gasteiger partial charge in [0.25, 0.3) is 0 Å². The molecule has 0 aliphatic carbocycles. The summed E-state index contributed by atoms with van der Waals surface area (Å²) in [5.41, 5.74) is 0.594. The van der Waals surface area contributed by atoms with Crippen molar-refractivity contribution in [2.24, 2.45) is 0 Å². The lowest BCUT2D eigenvalue weighted by molar-refractivity contribution is -0.388. The minimum absolute atomic E-state index is 0.0532. The van der Waals surface area contributed by atoms with E-state index in [9.17, 15) is 10.1 Å². The molecule has 0 atom stereocenters. The molecule has 6 heteroatoms. The summed E-state index contributed by atoms with van der Waals surface area (Å²) in [5.74, 6) is 0. The number of nitrogens with zero attached hydrogens (tertiary/aromatic N) is 3. The first-order chi connectivity index (χ1) is 5.66. The van der Waals surface area contributed by atoms with Gasteiger partial charge in [0.15, 0.2) is 5.03 Å². The summed E-state index contributed by atoms with van der Waals surface area (Å²) in [6.07, 6.45) is 3.12. The van der Waals surface area contributed by atoms with Gasteiger partial charge >= 0.3 is 5.69 Å². The average molecular weight is 185 g/mol. The van der Waals surface area contributed by atoms with Crippen molar-refractivity contribution in [2.45, 2.75) is 11.9 Å². The molecule has 1 aromatic heterocycles. The van der Waals surface area contributed by atoms with E-state index in [4.69, 9.17) is 0 Å². The molecular weight excluding hydrogens is 178 g/mol. The van der Waals surface area contributed by atoms with Gasteiger partial charge in [-0.1, -0.05) is 0 Å². The quantitative estimate of drug-likeness (QED) is 0.396. The molecule has 0 bridgehead atoms. The number of hydrogen-bond donors (Lipinski definition) is 0. The summed E-state index contributed by atoms with van der Waals surface area (Å²) < 4.78 is 0. The third kappa shape index (κ3) is 1.53. The molecule has 1 aromatic rings. The van der Waals surface area contributed by atoms with Crippen LogP contribution in [0, 0.1) is 17.0 Å². The van der Waals surface area contributed by atoms with Gasteiger partial charge in [0, 0.05) is 5.56 Å². The van der Waals surface area contributed by atoms with E-state index in [1.54, 1.807) is 13.2 Å². The molecule has 1 rings (SSSR count). The van der Waals surface area contributed by atoms with Crippen LogP contribution < -0.4 is 0 Å². The van der Waals surface area contributed by atoms with Crippen LogP contribution in [0.25, 0.3) is 0 Å². The molecule has 0 aromatic carbocycles. The minimum Gasteiger partial charge on any atom is -0.258 e. The second kappa shape index (κ2) is 3.48. The van der Waals surface area contributed by atoms with Crippen LogP contribution in [0.1, 0.15) is 5.56 Å². The molecule has 1 heterocycles. The summed E-state index contributed by atoms with van der Waals surface area (Å²) in [4.78, 5) is 10.1. The molecule has 0 amide bonds. The Kier molecular flexibility index (Phi) is 2.59. The SMILES string of the molecule is CSc1nncc(C)c1[N+](=O)[O-]. The van der Waals surface area contributed by atoms with E-state index in [1.165, 1.54) is 18.0 Å². The summed E-state index contributed by atoms with van der Waals surface area (Å²) in [6, 6.07) is 0. The normalized spacial score (nSPS) is 9.83. The Bertz CT molecular complexity index is 316. The Labute approximate surface area is 73.3 Å². The van der Waals surface area contributed by atoms with E-state index in [1.807, 2.05) is 0 Å². The van der Waals surface area contributed by atoms with Gasteiger partial charge in [0.1, 0.15) is 0 Å². The van der Waals surface area contributed by atoms with Gasteiger partial charge in [-0.2, -0.15) is 5.10 Å². The average Bonchev–Trinajstić information content (AvgIpc) is 2.03. The lowest BCUT2D eigenvalue weighted by atomic mass is 10.3. The molecule has 0 radical (unpaired) electrons. The van der Waals surface area contributed by atoms with Gasteiger partial charge in [0.05, 0.1) is 11.1 Å². The third-order valence-electron chi connectivity index (χ3n) is 1.35. The Hall–Kier alpha value is -1.17. The Morgan fingerprint density at radius 2 is 2.33 bits per heavy atom. The predicted molar refractivity (Wildman–Crippen MR) is 45.2 cm³/mol. The van der Waals surface area contributed by atoms with Crippen molar-refractivity contribution < 1.29 is 4.92 Å². The number of thioether (sulfide) groups is 1. The van der Waals surface area contributed by atoms with Crippen molar-refractivity contribution in [3.63, 3.8) is 0 Å². The van der Waals surface area contributed by atoms with Gasteiger partial charge in [-0.05, 0) is 13.2 Å². The van der Waals surface area contributed by atoms with Crippen LogP contribution in [0.5, 0.6) is 0 Å². The largest absolute Gasteiger partial charge is 0.307 e. The molecule has 0 unspecified atom stereocenters. The summed E-state index contributed by atoms with van der Waals surface area (Å²) >= 11 is 1.22. The first kappa shape index (κ1) is 8.92. The fourth-order valence-electron chi connectivity index (χ4n) is 0.805. The molecule has 0 saturated heterocycles. The highest BCUT2D eigenvalue weighted by Crippen LogP contribution is 2.26. The van der Waals surface area contributed by atoms with Crippen molar-refractivity contribution >= 4 is 17.4 Å². The molecule has 0 aliphatic heterocycles. The Morgan fingerprint density at radius 3 is 2.75 bits per heavy atom. The number of hydrogen-bond acceptors (Lipinski definition) is 5. The number of aromatic nitrogens is 2.